The topological polar surface area (TPSA) is 72.5 Å². The van der Waals surface area contributed by atoms with Crippen molar-refractivity contribution >= 4 is 27.3 Å². The van der Waals surface area contributed by atoms with Crippen LogP contribution >= 0.6 is 11.3 Å². The van der Waals surface area contributed by atoms with Gasteiger partial charge in [-0.05, 0) is 24.8 Å². The van der Waals surface area contributed by atoms with Crippen molar-refractivity contribution in [1.29, 1.82) is 0 Å². The van der Waals surface area contributed by atoms with Gasteiger partial charge in [0.15, 0.2) is 0 Å². The third-order valence-corrected chi connectivity index (χ3v) is 5.43. The number of sulfonamides is 1. The van der Waals surface area contributed by atoms with E-state index in [0.29, 0.717) is 0 Å². The normalized spacial score (nSPS) is 14.0. The molecule has 0 saturated carbocycles. The van der Waals surface area contributed by atoms with Crippen LogP contribution in [0.4, 0.5) is 13.2 Å². The maximum atomic E-state index is 12.3. The summed E-state index contributed by atoms with van der Waals surface area (Å²) in [4.78, 5) is 11.0. The zero-order valence-corrected chi connectivity index (χ0v) is 13.1. The maximum Gasteiger partial charge on any atom is 0.390 e. The van der Waals surface area contributed by atoms with Crippen LogP contribution in [0.25, 0.3) is 0 Å². The molecule has 1 aromatic rings. The Hall–Kier alpha value is -1.13. The van der Waals surface area contributed by atoms with E-state index < -0.39 is 34.6 Å². The fourth-order valence-corrected chi connectivity index (χ4v) is 4.66. The number of thiophene rings is 1. The average molecular weight is 345 g/mol. The van der Waals surface area contributed by atoms with Crippen molar-refractivity contribution in [2.45, 2.75) is 37.4 Å². The zero-order chi connectivity index (χ0) is 16.4. The molecule has 1 unspecified atom stereocenters. The summed E-state index contributed by atoms with van der Waals surface area (Å²) < 4.78 is 67.5. The van der Waals surface area contributed by atoms with Crippen molar-refractivity contribution in [3.63, 3.8) is 0 Å². The molecule has 1 aromatic heterocycles. The molecule has 1 atom stereocenters. The van der Waals surface area contributed by atoms with Gasteiger partial charge in [-0.1, -0.05) is 0 Å². The van der Waals surface area contributed by atoms with E-state index in [9.17, 15) is 26.4 Å². The fourth-order valence-electron chi connectivity index (χ4n) is 1.71. The molecule has 0 saturated heterocycles. The Balaban J connectivity index is 3.09. The molecule has 5 nitrogen and oxygen atoms in total. The first kappa shape index (κ1) is 17.9. The summed E-state index contributed by atoms with van der Waals surface area (Å²) in [5.74, 6) is -0.850. The summed E-state index contributed by atoms with van der Waals surface area (Å²) in [5, 5.41) is 1.43. The Labute approximate surface area is 124 Å². The number of hydrogen-bond donors (Lipinski definition) is 1. The Morgan fingerprint density at radius 2 is 2.05 bits per heavy atom. The summed E-state index contributed by atoms with van der Waals surface area (Å²) in [6.07, 6.45) is -5.79. The number of nitrogens with one attached hydrogen (secondary N) is 1. The SMILES string of the molecule is COC(=O)c1scc(C)c1S(=O)(=O)NC(C)CC(F)(F)F. The number of carbonyl (C=O) groups excluding carboxylic acids is 1. The minimum absolute atomic E-state index is 0.165. The van der Waals surface area contributed by atoms with Crippen molar-refractivity contribution in [2.24, 2.45) is 0 Å². The van der Waals surface area contributed by atoms with E-state index in [0.717, 1.165) is 25.4 Å². The summed E-state index contributed by atoms with van der Waals surface area (Å²) >= 11 is 0.860. The van der Waals surface area contributed by atoms with Gasteiger partial charge in [-0.3, -0.25) is 0 Å². The van der Waals surface area contributed by atoms with Crippen molar-refractivity contribution in [3.05, 3.63) is 15.8 Å². The highest BCUT2D eigenvalue weighted by atomic mass is 32.2. The van der Waals surface area contributed by atoms with E-state index in [1.54, 1.807) is 0 Å². The highest BCUT2D eigenvalue weighted by Crippen LogP contribution is 2.28. The second kappa shape index (κ2) is 6.32. The number of esters is 1. The number of methoxy groups -OCH3 is 1. The third-order valence-electron chi connectivity index (χ3n) is 2.45. The van der Waals surface area contributed by atoms with E-state index in [1.165, 1.54) is 12.3 Å². The van der Waals surface area contributed by atoms with Crippen molar-refractivity contribution < 1.29 is 31.1 Å². The molecule has 21 heavy (non-hydrogen) atoms. The van der Waals surface area contributed by atoms with Gasteiger partial charge in [0.05, 0.1) is 13.5 Å². The van der Waals surface area contributed by atoms with Crippen LogP contribution < -0.4 is 4.72 Å². The quantitative estimate of drug-likeness (QED) is 0.832. The predicted octanol–water partition coefficient (Wildman–Crippen LogP) is 2.46. The molecule has 0 aliphatic carbocycles. The summed E-state index contributed by atoms with van der Waals surface area (Å²) in [6, 6.07) is -1.35. The second-order valence-corrected chi connectivity index (χ2v) is 6.94. The molecule has 10 heteroatoms. The largest absolute Gasteiger partial charge is 0.465 e. The van der Waals surface area contributed by atoms with Crippen LogP contribution in [0.3, 0.4) is 0 Å². The van der Waals surface area contributed by atoms with Gasteiger partial charge >= 0.3 is 12.1 Å². The minimum atomic E-state index is -4.49. The van der Waals surface area contributed by atoms with Crippen LogP contribution in [0.1, 0.15) is 28.6 Å². The number of alkyl halides is 3. The number of halogens is 3. The predicted molar refractivity (Wildman–Crippen MR) is 70.9 cm³/mol. The lowest BCUT2D eigenvalue weighted by Crippen LogP contribution is -2.36. The molecule has 1 N–H and O–H groups in total. The zero-order valence-electron chi connectivity index (χ0n) is 11.4. The van der Waals surface area contributed by atoms with E-state index >= 15 is 0 Å². The van der Waals surface area contributed by atoms with Gasteiger partial charge in [-0.15, -0.1) is 11.3 Å². The number of hydrogen-bond acceptors (Lipinski definition) is 5. The molecule has 0 spiro atoms. The number of carbonyl (C=O) groups is 1. The third kappa shape index (κ3) is 4.68. The maximum absolute atomic E-state index is 12.3. The second-order valence-electron chi connectivity index (χ2n) is 4.41. The lowest BCUT2D eigenvalue weighted by Gasteiger charge is -2.16. The highest BCUT2D eigenvalue weighted by Gasteiger charge is 2.34. The lowest BCUT2D eigenvalue weighted by atomic mass is 10.2. The standard InChI is InChI=1S/C11H14F3NO4S2/c1-6-5-20-8(10(16)19-3)9(6)21(17,18)15-7(2)4-11(12,13)14/h5,7,15H,4H2,1-3H3. The Kier molecular flexibility index (Phi) is 5.40. The summed E-state index contributed by atoms with van der Waals surface area (Å²) in [5.41, 5.74) is 0.270. The van der Waals surface area contributed by atoms with Crippen molar-refractivity contribution in [2.75, 3.05) is 7.11 Å². The molecule has 1 rings (SSSR count). The lowest BCUT2D eigenvalue weighted by molar-refractivity contribution is -0.137. The summed E-state index contributed by atoms with van der Waals surface area (Å²) in [6.45, 7) is 2.55. The average Bonchev–Trinajstić information content (AvgIpc) is 2.67. The van der Waals surface area contributed by atoms with Gasteiger partial charge in [-0.2, -0.15) is 13.2 Å². The van der Waals surface area contributed by atoms with Crippen LogP contribution in [0.2, 0.25) is 0 Å². The van der Waals surface area contributed by atoms with Crippen LogP contribution in [0.5, 0.6) is 0 Å². The molecule has 0 fully saturated rings. The first-order chi connectivity index (χ1) is 9.48. The molecule has 0 aliphatic rings. The van der Waals surface area contributed by atoms with Crippen LogP contribution in [-0.2, 0) is 14.8 Å². The molecule has 120 valence electrons. The first-order valence-electron chi connectivity index (χ1n) is 5.73. The van der Waals surface area contributed by atoms with Gasteiger partial charge < -0.3 is 4.74 Å². The van der Waals surface area contributed by atoms with E-state index in [1.807, 2.05) is 4.72 Å². The monoisotopic (exact) mass is 345 g/mol. The smallest absolute Gasteiger partial charge is 0.390 e. The van der Waals surface area contributed by atoms with Crippen LogP contribution in [0, 0.1) is 6.92 Å². The molecule has 0 radical (unpaired) electrons. The van der Waals surface area contributed by atoms with Gasteiger partial charge in [-0.25, -0.2) is 17.9 Å². The van der Waals surface area contributed by atoms with Crippen molar-refractivity contribution in [3.8, 4) is 0 Å². The highest BCUT2D eigenvalue weighted by molar-refractivity contribution is 7.89. The molecular formula is C11H14F3NO4S2. The molecule has 0 amide bonds. The van der Waals surface area contributed by atoms with E-state index in [-0.39, 0.29) is 15.3 Å². The van der Waals surface area contributed by atoms with Gasteiger partial charge in [0.1, 0.15) is 9.77 Å². The summed E-state index contributed by atoms with van der Waals surface area (Å²) in [7, 11) is -3.15. The molecule has 0 aliphatic heterocycles. The Bertz CT molecular complexity index is 622. The van der Waals surface area contributed by atoms with Crippen LogP contribution in [-0.4, -0.2) is 33.7 Å². The first-order valence-corrected chi connectivity index (χ1v) is 8.09. The number of rotatable bonds is 5. The van der Waals surface area contributed by atoms with E-state index in [2.05, 4.69) is 4.74 Å². The van der Waals surface area contributed by atoms with Gasteiger partial charge in [0, 0.05) is 6.04 Å². The Morgan fingerprint density at radius 3 is 2.52 bits per heavy atom. The molecular weight excluding hydrogens is 331 g/mol. The Morgan fingerprint density at radius 1 is 1.48 bits per heavy atom. The van der Waals surface area contributed by atoms with Gasteiger partial charge in [0.25, 0.3) is 0 Å². The fraction of sp³-hybridized carbons (Fsp3) is 0.545. The molecule has 0 bridgehead atoms. The molecule has 1 heterocycles. The van der Waals surface area contributed by atoms with Crippen molar-refractivity contribution in [1.82, 2.24) is 4.72 Å². The number of aryl methyl sites for hydroxylation is 1. The molecule has 0 aromatic carbocycles. The van der Waals surface area contributed by atoms with Crippen LogP contribution in [0.15, 0.2) is 10.3 Å². The van der Waals surface area contributed by atoms with E-state index in [4.69, 9.17) is 0 Å². The number of ether oxygens (including phenoxy) is 1. The minimum Gasteiger partial charge on any atom is -0.465 e. The van der Waals surface area contributed by atoms with Gasteiger partial charge in [0.2, 0.25) is 10.0 Å².